The van der Waals surface area contributed by atoms with E-state index >= 15 is 0 Å². The standard InChI is InChI=1S/C10H15N3O3/c1-5-2-3-13-9(8(5)12)10(16)6(14)4-7(11)15/h2-3,6,10,14,16H,4,12H2,1H3,(H2,11,15). The van der Waals surface area contributed by atoms with Crippen molar-refractivity contribution in [1.29, 1.82) is 0 Å². The fourth-order valence-corrected chi connectivity index (χ4v) is 1.33. The number of pyridine rings is 1. The third-order valence-corrected chi connectivity index (χ3v) is 2.29. The van der Waals surface area contributed by atoms with Crippen LogP contribution in [0.3, 0.4) is 0 Å². The molecule has 0 fully saturated rings. The average molecular weight is 225 g/mol. The summed E-state index contributed by atoms with van der Waals surface area (Å²) in [7, 11) is 0. The van der Waals surface area contributed by atoms with E-state index in [1.165, 1.54) is 6.20 Å². The predicted octanol–water partition coefficient (Wildman–Crippen LogP) is -0.758. The molecule has 1 aromatic heterocycles. The number of primary amides is 1. The van der Waals surface area contributed by atoms with Crippen molar-refractivity contribution in [2.24, 2.45) is 5.73 Å². The van der Waals surface area contributed by atoms with Gasteiger partial charge in [0.2, 0.25) is 5.91 Å². The molecule has 1 aromatic rings. The summed E-state index contributed by atoms with van der Waals surface area (Å²) in [6, 6.07) is 1.69. The number of aliphatic hydroxyl groups is 2. The molecule has 1 rings (SSSR count). The first kappa shape index (κ1) is 12.4. The van der Waals surface area contributed by atoms with Crippen LogP contribution in [0.15, 0.2) is 12.3 Å². The lowest BCUT2D eigenvalue weighted by atomic mass is 10.0. The summed E-state index contributed by atoms with van der Waals surface area (Å²) in [6.45, 7) is 1.76. The van der Waals surface area contributed by atoms with Gasteiger partial charge in [-0.25, -0.2) is 0 Å². The summed E-state index contributed by atoms with van der Waals surface area (Å²) in [5.41, 5.74) is 11.8. The first-order valence-electron chi connectivity index (χ1n) is 4.79. The Morgan fingerprint density at radius 2 is 2.19 bits per heavy atom. The average Bonchev–Trinajstić information content (AvgIpc) is 2.20. The number of carbonyl (C=O) groups excluding carboxylic acids is 1. The zero-order chi connectivity index (χ0) is 12.3. The fourth-order valence-electron chi connectivity index (χ4n) is 1.33. The first-order valence-corrected chi connectivity index (χ1v) is 4.79. The molecule has 6 N–H and O–H groups in total. The molecular formula is C10H15N3O3. The lowest BCUT2D eigenvalue weighted by Crippen LogP contribution is -2.26. The summed E-state index contributed by atoms with van der Waals surface area (Å²) in [4.78, 5) is 14.5. The molecule has 2 atom stereocenters. The van der Waals surface area contributed by atoms with Crippen molar-refractivity contribution < 1.29 is 15.0 Å². The van der Waals surface area contributed by atoms with Crippen LogP contribution in [0.25, 0.3) is 0 Å². The zero-order valence-corrected chi connectivity index (χ0v) is 8.92. The van der Waals surface area contributed by atoms with Crippen LogP contribution in [0.4, 0.5) is 5.69 Å². The second-order valence-electron chi connectivity index (χ2n) is 3.61. The number of aromatic nitrogens is 1. The second kappa shape index (κ2) is 4.91. The maximum Gasteiger partial charge on any atom is 0.220 e. The second-order valence-corrected chi connectivity index (χ2v) is 3.61. The number of aryl methyl sites for hydroxylation is 1. The van der Waals surface area contributed by atoms with Crippen LogP contribution in [0.1, 0.15) is 23.8 Å². The fraction of sp³-hybridized carbons (Fsp3) is 0.400. The van der Waals surface area contributed by atoms with E-state index in [0.29, 0.717) is 5.69 Å². The Labute approximate surface area is 92.9 Å². The van der Waals surface area contributed by atoms with E-state index in [1.807, 2.05) is 0 Å². The van der Waals surface area contributed by atoms with Gasteiger partial charge in [-0.05, 0) is 18.6 Å². The molecule has 6 heteroatoms. The number of anilines is 1. The summed E-state index contributed by atoms with van der Waals surface area (Å²) < 4.78 is 0. The van der Waals surface area contributed by atoms with Gasteiger partial charge >= 0.3 is 0 Å². The molecule has 16 heavy (non-hydrogen) atoms. The minimum absolute atomic E-state index is 0.161. The van der Waals surface area contributed by atoms with Crippen molar-refractivity contribution in [1.82, 2.24) is 4.98 Å². The van der Waals surface area contributed by atoms with Gasteiger partial charge in [0.1, 0.15) is 6.10 Å². The van der Waals surface area contributed by atoms with E-state index in [0.717, 1.165) is 5.56 Å². The first-order chi connectivity index (χ1) is 7.43. The van der Waals surface area contributed by atoms with Gasteiger partial charge in [-0.15, -0.1) is 0 Å². The third-order valence-electron chi connectivity index (χ3n) is 2.29. The number of nitrogens with zero attached hydrogens (tertiary/aromatic N) is 1. The molecule has 88 valence electrons. The van der Waals surface area contributed by atoms with Crippen molar-refractivity contribution in [3.63, 3.8) is 0 Å². The topological polar surface area (TPSA) is 122 Å². The highest BCUT2D eigenvalue weighted by atomic mass is 16.3. The van der Waals surface area contributed by atoms with Crippen molar-refractivity contribution in [3.8, 4) is 0 Å². The summed E-state index contributed by atoms with van der Waals surface area (Å²) in [5, 5.41) is 19.3. The van der Waals surface area contributed by atoms with Crippen LogP contribution in [-0.4, -0.2) is 27.2 Å². The van der Waals surface area contributed by atoms with Gasteiger partial charge in [-0.2, -0.15) is 0 Å². The lowest BCUT2D eigenvalue weighted by Gasteiger charge is -2.18. The van der Waals surface area contributed by atoms with Crippen molar-refractivity contribution in [2.45, 2.75) is 25.6 Å². The maximum absolute atomic E-state index is 10.6. The van der Waals surface area contributed by atoms with Crippen molar-refractivity contribution in [3.05, 3.63) is 23.5 Å². The van der Waals surface area contributed by atoms with E-state index < -0.39 is 18.1 Å². The molecule has 0 bridgehead atoms. The number of rotatable bonds is 4. The van der Waals surface area contributed by atoms with E-state index in [4.69, 9.17) is 11.5 Å². The van der Waals surface area contributed by atoms with E-state index in [1.54, 1.807) is 13.0 Å². The van der Waals surface area contributed by atoms with Crippen LogP contribution in [0.2, 0.25) is 0 Å². The molecule has 0 saturated carbocycles. The Hall–Kier alpha value is -1.66. The normalized spacial score (nSPS) is 14.4. The lowest BCUT2D eigenvalue weighted by molar-refractivity contribution is -0.121. The maximum atomic E-state index is 10.6. The minimum atomic E-state index is -1.31. The van der Waals surface area contributed by atoms with Crippen LogP contribution in [0.5, 0.6) is 0 Å². The molecule has 0 aliphatic heterocycles. The number of carbonyl (C=O) groups is 1. The number of hydrogen-bond donors (Lipinski definition) is 4. The zero-order valence-electron chi connectivity index (χ0n) is 8.92. The summed E-state index contributed by atoms with van der Waals surface area (Å²) >= 11 is 0. The molecule has 1 amide bonds. The Bertz CT molecular complexity index is 395. The van der Waals surface area contributed by atoms with Gasteiger partial charge in [0, 0.05) is 6.20 Å². The smallest absolute Gasteiger partial charge is 0.220 e. The van der Waals surface area contributed by atoms with Gasteiger partial charge in [-0.3, -0.25) is 9.78 Å². The Balaban J connectivity index is 2.91. The van der Waals surface area contributed by atoms with Gasteiger partial charge in [-0.1, -0.05) is 0 Å². The molecule has 6 nitrogen and oxygen atoms in total. The number of amides is 1. The quantitative estimate of drug-likeness (QED) is 0.536. The van der Waals surface area contributed by atoms with E-state index in [-0.39, 0.29) is 12.1 Å². The highest BCUT2D eigenvalue weighted by molar-refractivity contribution is 5.74. The highest BCUT2D eigenvalue weighted by Gasteiger charge is 2.23. The van der Waals surface area contributed by atoms with Crippen LogP contribution in [-0.2, 0) is 4.79 Å². The van der Waals surface area contributed by atoms with Crippen LogP contribution in [0, 0.1) is 6.92 Å². The van der Waals surface area contributed by atoms with Crippen molar-refractivity contribution in [2.75, 3.05) is 5.73 Å². The molecule has 2 unspecified atom stereocenters. The number of nitrogens with two attached hydrogens (primary N) is 2. The summed E-state index contributed by atoms with van der Waals surface area (Å²) in [6.07, 6.45) is -1.47. The van der Waals surface area contributed by atoms with Gasteiger partial charge in [0.15, 0.2) is 0 Å². The molecule has 0 spiro atoms. The molecule has 0 aromatic carbocycles. The minimum Gasteiger partial charge on any atom is -0.397 e. The molecule has 0 aliphatic carbocycles. The molecule has 0 saturated heterocycles. The van der Waals surface area contributed by atoms with Crippen LogP contribution >= 0.6 is 0 Å². The molecular weight excluding hydrogens is 210 g/mol. The van der Waals surface area contributed by atoms with E-state index in [9.17, 15) is 15.0 Å². The monoisotopic (exact) mass is 225 g/mol. The highest BCUT2D eigenvalue weighted by Crippen LogP contribution is 2.24. The van der Waals surface area contributed by atoms with Gasteiger partial charge in [0.05, 0.1) is 23.9 Å². The summed E-state index contributed by atoms with van der Waals surface area (Å²) in [5.74, 6) is -0.697. The number of nitrogen functional groups attached to an aromatic ring is 1. The Morgan fingerprint density at radius 3 is 2.75 bits per heavy atom. The largest absolute Gasteiger partial charge is 0.397 e. The number of hydrogen-bond acceptors (Lipinski definition) is 5. The molecule has 0 radical (unpaired) electrons. The molecule has 1 heterocycles. The number of aliphatic hydroxyl groups excluding tert-OH is 2. The van der Waals surface area contributed by atoms with Crippen LogP contribution < -0.4 is 11.5 Å². The SMILES string of the molecule is Cc1ccnc(C(O)C(O)CC(N)=O)c1N. The molecule has 0 aliphatic rings. The Kier molecular flexibility index (Phi) is 3.81. The van der Waals surface area contributed by atoms with Gasteiger partial charge in [0.25, 0.3) is 0 Å². The van der Waals surface area contributed by atoms with Crippen molar-refractivity contribution >= 4 is 11.6 Å². The third kappa shape index (κ3) is 2.68. The van der Waals surface area contributed by atoms with Gasteiger partial charge < -0.3 is 21.7 Å². The Morgan fingerprint density at radius 1 is 1.56 bits per heavy atom. The predicted molar refractivity (Wildman–Crippen MR) is 58.2 cm³/mol. The van der Waals surface area contributed by atoms with E-state index in [2.05, 4.69) is 4.98 Å².